The maximum absolute atomic E-state index is 9.01. The summed E-state index contributed by atoms with van der Waals surface area (Å²) in [7, 11) is 2.03. The van der Waals surface area contributed by atoms with E-state index in [1.807, 2.05) is 30.9 Å². The van der Waals surface area contributed by atoms with Gasteiger partial charge in [0.05, 0.1) is 12.4 Å². The van der Waals surface area contributed by atoms with Crippen LogP contribution in [0.2, 0.25) is 0 Å². The first-order chi connectivity index (χ1) is 9.61. The smallest absolute Gasteiger partial charge is 0.142 e. The molecule has 5 heteroatoms. The SMILES string of the molecule is CC(C)c1nnc(CSCc2ccc(CO)cc2)n1C. The normalized spacial score (nSPS) is 11.2. The van der Waals surface area contributed by atoms with Gasteiger partial charge in [0.2, 0.25) is 0 Å². The van der Waals surface area contributed by atoms with Gasteiger partial charge in [-0.15, -0.1) is 22.0 Å². The number of aromatic nitrogens is 3. The minimum Gasteiger partial charge on any atom is -0.392 e. The molecule has 0 unspecified atom stereocenters. The van der Waals surface area contributed by atoms with Crippen LogP contribution in [0.4, 0.5) is 0 Å². The zero-order chi connectivity index (χ0) is 14.5. The molecule has 1 heterocycles. The predicted octanol–water partition coefficient (Wildman–Crippen LogP) is 2.86. The van der Waals surface area contributed by atoms with Gasteiger partial charge in [-0.05, 0) is 11.1 Å². The largest absolute Gasteiger partial charge is 0.392 e. The zero-order valence-corrected chi connectivity index (χ0v) is 13.0. The Morgan fingerprint density at radius 3 is 2.30 bits per heavy atom. The van der Waals surface area contributed by atoms with E-state index in [-0.39, 0.29) is 6.61 Å². The third-order valence-electron chi connectivity index (χ3n) is 3.22. The zero-order valence-electron chi connectivity index (χ0n) is 12.2. The molecular formula is C15H21N3OS. The fourth-order valence-corrected chi connectivity index (χ4v) is 2.97. The Hall–Kier alpha value is -1.33. The predicted molar refractivity (Wildman–Crippen MR) is 82.5 cm³/mol. The number of aliphatic hydroxyl groups excluding tert-OH is 1. The second-order valence-electron chi connectivity index (χ2n) is 5.16. The maximum Gasteiger partial charge on any atom is 0.142 e. The number of hydrogen-bond donors (Lipinski definition) is 1. The number of thioether (sulfide) groups is 1. The Kier molecular flexibility index (Phi) is 5.20. The van der Waals surface area contributed by atoms with E-state index in [0.29, 0.717) is 5.92 Å². The van der Waals surface area contributed by atoms with Crippen molar-refractivity contribution in [3.8, 4) is 0 Å². The molecule has 0 aliphatic heterocycles. The van der Waals surface area contributed by atoms with Crippen LogP contribution >= 0.6 is 11.8 Å². The summed E-state index contributed by atoms with van der Waals surface area (Å²) >= 11 is 1.83. The second-order valence-corrected chi connectivity index (χ2v) is 6.14. The summed E-state index contributed by atoms with van der Waals surface area (Å²) in [6.45, 7) is 4.36. The molecule has 0 fully saturated rings. The standard InChI is InChI=1S/C15H21N3OS/c1-11(2)15-17-16-14(18(15)3)10-20-9-13-6-4-12(8-19)5-7-13/h4-7,11,19H,8-10H2,1-3H3. The van der Waals surface area contributed by atoms with Crippen molar-refractivity contribution in [1.82, 2.24) is 14.8 Å². The van der Waals surface area contributed by atoms with Gasteiger partial charge in [-0.25, -0.2) is 0 Å². The van der Waals surface area contributed by atoms with E-state index in [1.165, 1.54) is 5.56 Å². The van der Waals surface area contributed by atoms with Crippen LogP contribution in [0.15, 0.2) is 24.3 Å². The van der Waals surface area contributed by atoms with E-state index in [2.05, 4.69) is 40.7 Å². The summed E-state index contributed by atoms with van der Waals surface area (Å²) in [6, 6.07) is 8.06. The number of aliphatic hydroxyl groups is 1. The lowest BCUT2D eigenvalue weighted by atomic mass is 10.2. The van der Waals surface area contributed by atoms with Gasteiger partial charge in [-0.1, -0.05) is 38.1 Å². The van der Waals surface area contributed by atoms with E-state index in [1.54, 1.807) is 0 Å². The molecule has 1 aromatic carbocycles. The van der Waals surface area contributed by atoms with Gasteiger partial charge in [0.15, 0.2) is 0 Å². The van der Waals surface area contributed by atoms with Crippen molar-refractivity contribution in [2.24, 2.45) is 7.05 Å². The Labute approximate surface area is 124 Å². The van der Waals surface area contributed by atoms with Crippen molar-refractivity contribution in [3.63, 3.8) is 0 Å². The highest BCUT2D eigenvalue weighted by molar-refractivity contribution is 7.97. The Bertz CT molecular complexity index is 549. The summed E-state index contributed by atoms with van der Waals surface area (Å²) in [6.07, 6.45) is 0. The van der Waals surface area contributed by atoms with Crippen molar-refractivity contribution < 1.29 is 5.11 Å². The first-order valence-electron chi connectivity index (χ1n) is 6.76. The highest BCUT2D eigenvalue weighted by Gasteiger charge is 2.11. The molecule has 0 radical (unpaired) electrons. The van der Waals surface area contributed by atoms with Gasteiger partial charge in [0.25, 0.3) is 0 Å². The lowest BCUT2D eigenvalue weighted by Crippen LogP contribution is -2.03. The van der Waals surface area contributed by atoms with Crippen LogP contribution in [-0.4, -0.2) is 19.9 Å². The van der Waals surface area contributed by atoms with Crippen molar-refractivity contribution in [3.05, 3.63) is 47.0 Å². The third-order valence-corrected chi connectivity index (χ3v) is 4.22. The van der Waals surface area contributed by atoms with Crippen molar-refractivity contribution >= 4 is 11.8 Å². The molecule has 0 saturated carbocycles. The summed E-state index contributed by atoms with van der Waals surface area (Å²) < 4.78 is 2.09. The highest BCUT2D eigenvalue weighted by atomic mass is 32.2. The Balaban J connectivity index is 1.89. The molecule has 20 heavy (non-hydrogen) atoms. The van der Waals surface area contributed by atoms with E-state index < -0.39 is 0 Å². The van der Waals surface area contributed by atoms with Crippen LogP contribution in [0.5, 0.6) is 0 Å². The fraction of sp³-hybridized carbons (Fsp3) is 0.467. The molecule has 4 nitrogen and oxygen atoms in total. The average Bonchev–Trinajstić information content (AvgIpc) is 2.81. The average molecular weight is 291 g/mol. The first-order valence-corrected chi connectivity index (χ1v) is 7.92. The first kappa shape index (κ1) is 15.1. The van der Waals surface area contributed by atoms with Gasteiger partial charge in [0.1, 0.15) is 11.6 Å². The molecule has 0 aliphatic rings. The molecule has 0 spiro atoms. The van der Waals surface area contributed by atoms with Crippen molar-refractivity contribution in [2.45, 2.75) is 37.9 Å². The lowest BCUT2D eigenvalue weighted by Gasteiger charge is -2.06. The van der Waals surface area contributed by atoms with Crippen LogP contribution in [-0.2, 0) is 25.2 Å². The number of hydrogen-bond acceptors (Lipinski definition) is 4. The van der Waals surface area contributed by atoms with Crippen molar-refractivity contribution in [2.75, 3.05) is 0 Å². The van der Waals surface area contributed by atoms with Gasteiger partial charge in [0, 0.05) is 18.7 Å². The molecule has 0 bridgehead atoms. The van der Waals surface area contributed by atoms with Gasteiger partial charge >= 0.3 is 0 Å². The number of nitrogens with zero attached hydrogens (tertiary/aromatic N) is 3. The topological polar surface area (TPSA) is 50.9 Å². The number of rotatable bonds is 6. The van der Waals surface area contributed by atoms with E-state index in [9.17, 15) is 0 Å². The minimum atomic E-state index is 0.102. The fourth-order valence-electron chi connectivity index (χ4n) is 2.00. The Morgan fingerprint density at radius 1 is 1.10 bits per heavy atom. The molecule has 0 atom stereocenters. The maximum atomic E-state index is 9.01. The molecule has 108 valence electrons. The minimum absolute atomic E-state index is 0.102. The summed E-state index contributed by atoms with van der Waals surface area (Å²) in [5.74, 6) is 4.25. The van der Waals surface area contributed by atoms with Gasteiger partial charge < -0.3 is 9.67 Å². The molecule has 0 aliphatic carbocycles. The van der Waals surface area contributed by atoms with Gasteiger partial charge in [-0.3, -0.25) is 0 Å². The quantitative estimate of drug-likeness (QED) is 0.889. The molecule has 1 N–H and O–H groups in total. The molecule has 1 aromatic heterocycles. The van der Waals surface area contributed by atoms with E-state index in [4.69, 9.17) is 5.11 Å². The monoisotopic (exact) mass is 291 g/mol. The van der Waals surface area contributed by atoms with Crippen molar-refractivity contribution in [1.29, 1.82) is 0 Å². The van der Waals surface area contributed by atoms with E-state index >= 15 is 0 Å². The second kappa shape index (κ2) is 6.90. The summed E-state index contributed by atoms with van der Waals surface area (Å²) in [5, 5.41) is 17.5. The molecule has 0 amide bonds. The molecule has 2 aromatic rings. The van der Waals surface area contributed by atoms with Gasteiger partial charge in [-0.2, -0.15) is 0 Å². The Morgan fingerprint density at radius 2 is 1.75 bits per heavy atom. The van der Waals surface area contributed by atoms with Crippen LogP contribution in [0.3, 0.4) is 0 Å². The molecular weight excluding hydrogens is 270 g/mol. The van der Waals surface area contributed by atoms with Crippen LogP contribution in [0.1, 0.15) is 42.5 Å². The molecule has 2 rings (SSSR count). The molecule has 0 saturated heterocycles. The van der Waals surface area contributed by atoms with Crippen LogP contribution in [0.25, 0.3) is 0 Å². The summed E-state index contributed by atoms with van der Waals surface area (Å²) in [4.78, 5) is 0. The van der Waals surface area contributed by atoms with Crippen LogP contribution < -0.4 is 0 Å². The highest BCUT2D eigenvalue weighted by Crippen LogP contribution is 2.19. The number of benzene rings is 1. The third kappa shape index (κ3) is 3.61. The van der Waals surface area contributed by atoms with E-state index in [0.717, 1.165) is 28.7 Å². The summed E-state index contributed by atoms with van der Waals surface area (Å²) in [5.41, 5.74) is 2.21. The lowest BCUT2D eigenvalue weighted by molar-refractivity contribution is 0.282. The van der Waals surface area contributed by atoms with Crippen LogP contribution in [0, 0.1) is 0 Å².